The van der Waals surface area contributed by atoms with E-state index < -0.39 is 16.1 Å². The van der Waals surface area contributed by atoms with Crippen molar-refractivity contribution in [1.29, 1.82) is 0 Å². The van der Waals surface area contributed by atoms with Crippen LogP contribution in [0.25, 0.3) is 0 Å². The van der Waals surface area contributed by atoms with Gasteiger partial charge in [-0.2, -0.15) is 0 Å². The van der Waals surface area contributed by atoms with Crippen LogP contribution in [0.15, 0.2) is 78.9 Å². The molecule has 3 aromatic carbocycles. The van der Waals surface area contributed by atoms with Gasteiger partial charge >= 0.3 is 0 Å². The Labute approximate surface area is 245 Å². The molecule has 220 valence electrons. The molecule has 1 N–H and O–H groups in total. The zero-order chi connectivity index (χ0) is 30.0. The van der Waals surface area contributed by atoms with Gasteiger partial charge in [0, 0.05) is 32.0 Å². The lowest BCUT2D eigenvalue weighted by Crippen LogP contribution is -2.52. The molecule has 2 amide bonds. The summed E-state index contributed by atoms with van der Waals surface area (Å²) in [7, 11) is -3.54. The predicted molar refractivity (Wildman–Crippen MR) is 166 cm³/mol. The van der Waals surface area contributed by atoms with Crippen molar-refractivity contribution >= 4 is 27.5 Å². The second kappa shape index (κ2) is 14.8. The summed E-state index contributed by atoms with van der Waals surface area (Å²) < 4.78 is 26.5. The molecule has 0 aliphatic carbocycles. The van der Waals surface area contributed by atoms with Crippen LogP contribution in [0.5, 0.6) is 0 Å². The molecular formula is C33H43N3O4S. The molecule has 0 aliphatic rings. The summed E-state index contributed by atoms with van der Waals surface area (Å²) in [6, 6.07) is 24.2. The minimum Gasteiger partial charge on any atom is -0.352 e. The van der Waals surface area contributed by atoms with E-state index in [1.165, 1.54) is 10.6 Å². The fraction of sp³-hybridized carbons (Fsp3) is 0.394. The summed E-state index contributed by atoms with van der Waals surface area (Å²) in [5.74, 6) is -0.385. The maximum Gasteiger partial charge on any atom is 0.243 e. The first kappa shape index (κ1) is 31.9. The standard InChI is InChI=1S/C33H43N3O4S/c1-6-27(4)34-33(38)31(23-28-11-8-7-9-12-28)35(24-29-18-14-25(2)15-19-29)32(37)13-10-22-36(41(5,39)40)30-20-16-26(3)17-21-30/h7-9,11-12,14-21,27,31H,6,10,13,22-24H2,1-5H3,(H,34,38)/t27-,31+/m1/s1. The number of amides is 2. The van der Waals surface area contributed by atoms with Gasteiger partial charge in [-0.25, -0.2) is 8.42 Å². The molecule has 41 heavy (non-hydrogen) atoms. The average Bonchev–Trinajstić information content (AvgIpc) is 2.94. The number of hydrogen-bond donors (Lipinski definition) is 1. The lowest BCUT2D eigenvalue weighted by atomic mass is 10.0. The number of sulfonamides is 1. The molecule has 0 aromatic heterocycles. The van der Waals surface area contributed by atoms with E-state index in [9.17, 15) is 18.0 Å². The van der Waals surface area contributed by atoms with E-state index in [0.29, 0.717) is 18.5 Å². The van der Waals surface area contributed by atoms with Gasteiger partial charge < -0.3 is 10.2 Å². The van der Waals surface area contributed by atoms with Gasteiger partial charge in [0.2, 0.25) is 21.8 Å². The predicted octanol–water partition coefficient (Wildman–Crippen LogP) is 5.40. The van der Waals surface area contributed by atoms with Crippen LogP contribution in [0, 0.1) is 13.8 Å². The Morgan fingerprint density at radius 1 is 0.854 bits per heavy atom. The number of benzene rings is 3. The third-order valence-electron chi connectivity index (χ3n) is 7.22. The van der Waals surface area contributed by atoms with Crippen molar-refractivity contribution in [2.45, 2.75) is 72.0 Å². The fourth-order valence-corrected chi connectivity index (χ4v) is 5.57. The topological polar surface area (TPSA) is 86.8 Å². The van der Waals surface area contributed by atoms with E-state index in [1.807, 2.05) is 94.4 Å². The van der Waals surface area contributed by atoms with Crippen molar-refractivity contribution in [3.63, 3.8) is 0 Å². The number of hydrogen-bond acceptors (Lipinski definition) is 4. The maximum absolute atomic E-state index is 13.9. The van der Waals surface area contributed by atoms with Gasteiger partial charge in [-0.15, -0.1) is 0 Å². The molecule has 7 nitrogen and oxygen atoms in total. The number of nitrogens with zero attached hydrogens (tertiary/aromatic N) is 2. The lowest BCUT2D eigenvalue weighted by molar-refractivity contribution is -0.141. The first-order chi connectivity index (χ1) is 19.5. The summed E-state index contributed by atoms with van der Waals surface area (Å²) in [4.78, 5) is 29.2. The highest BCUT2D eigenvalue weighted by Crippen LogP contribution is 2.21. The van der Waals surface area contributed by atoms with Crippen molar-refractivity contribution in [1.82, 2.24) is 10.2 Å². The number of rotatable bonds is 14. The lowest BCUT2D eigenvalue weighted by Gasteiger charge is -2.32. The van der Waals surface area contributed by atoms with Crippen LogP contribution < -0.4 is 9.62 Å². The molecule has 0 unspecified atom stereocenters. The molecule has 0 radical (unpaired) electrons. The molecule has 0 spiro atoms. The maximum atomic E-state index is 13.9. The quantitative estimate of drug-likeness (QED) is 0.278. The minimum absolute atomic E-state index is 0.0325. The van der Waals surface area contributed by atoms with Crippen molar-refractivity contribution in [2.75, 3.05) is 17.1 Å². The molecular weight excluding hydrogens is 534 g/mol. The second-order valence-electron chi connectivity index (χ2n) is 10.8. The average molecular weight is 578 g/mol. The van der Waals surface area contributed by atoms with Gasteiger partial charge in [0.05, 0.1) is 11.9 Å². The smallest absolute Gasteiger partial charge is 0.243 e. The number of nitrogens with one attached hydrogen (secondary N) is 1. The first-order valence-corrected chi connectivity index (χ1v) is 16.1. The largest absolute Gasteiger partial charge is 0.352 e. The van der Waals surface area contributed by atoms with Gasteiger partial charge in [-0.1, -0.05) is 84.8 Å². The van der Waals surface area contributed by atoms with E-state index in [1.54, 1.807) is 17.0 Å². The number of anilines is 1. The van der Waals surface area contributed by atoms with E-state index in [0.717, 1.165) is 28.7 Å². The summed E-state index contributed by atoms with van der Waals surface area (Å²) in [5, 5.41) is 3.08. The van der Waals surface area contributed by atoms with Crippen molar-refractivity contribution in [3.8, 4) is 0 Å². The molecule has 0 fully saturated rings. The molecule has 0 saturated heterocycles. The van der Waals surface area contributed by atoms with Gasteiger partial charge in [0.25, 0.3) is 0 Å². The van der Waals surface area contributed by atoms with Crippen LogP contribution in [-0.4, -0.2) is 50.0 Å². The van der Waals surface area contributed by atoms with Crippen molar-refractivity contribution in [3.05, 3.63) is 101 Å². The molecule has 0 bridgehead atoms. The van der Waals surface area contributed by atoms with Crippen molar-refractivity contribution < 1.29 is 18.0 Å². The highest BCUT2D eigenvalue weighted by molar-refractivity contribution is 7.92. The van der Waals surface area contributed by atoms with Crippen LogP contribution in [-0.2, 0) is 32.6 Å². The molecule has 0 aliphatic heterocycles. The Balaban J connectivity index is 1.88. The second-order valence-corrected chi connectivity index (χ2v) is 12.7. The molecule has 8 heteroatoms. The van der Waals surface area contributed by atoms with E-state index in [2.05, 4.69) is 5.32 Å². The fourth-order valence-electron chi connectivity index (χ4n) is 4.60. The number of carbonyl (C=O) groups excluding carboxylic acids is 2. The Hall–Kier alpha value is -3.65. The number of aryl methyl sites for hydroxylation is 2. The minimum atomic E-state index is -3.54. The highest BCUT2D eigenvalue weighted by Gasteiger charge is 2.31. The Morgan fingerprint density at radius 2 is 1.44 bits per heavy atom. The summed E-state index contributed by atoms with van der Waals surface area (Å²) in [5.41, 5.74) is 4.59. The molecule has 0 saturated carbocycles. The molecule has 3 aromatic rings. The van der Waals surface area contributed by atoms with Crippen LogP contribution in [0.3, 0.4) is 0 Å². The molecule has 3 rings (SSSR count). The Kier molecular flexibility index (Phi) is 11.5. The SMILES string of the molecule is CC[C@@H](C)NC(=O)[C@H](Cc1ccccc1)N(Cc1ccc(C)cc1)C(=O)CCCN(c1ccc(C)cc1)S(C)(=O)=O. The van der Waals surface area contributed by atoms with Gasteiger partial charge in [-0.05, 0) is 56.9 Å². The monoisotopic (exact) mass is 577 g/mol. The van der Waals surface area contributed by atoms with E-state index >= 15 is 0 Å². The molecule has 0 heterocycles. The van der Waals surface area contributed by atoms with Crippen LogP contribution in [0.4, 0.5) is 5.69 Å². The zero-order valence-electron chi connectivity index (χ0n) is 24.8. The zero-order valence-corrected chi connectivity index (χ0v) is 25.7. The van der Waals surface area contributed by atoms with Gasteiger partial charge in [-0.3, -0.25) is 13.9 Å². The summed E-state index contributed by atoms with van der Waals surface area (Å²) >= 11 is 0. The van der Waals surface area contributed by atoms with Gasteiger partial charge in [0.15, 0.2) is 0 Å². The number of carbonyl (C=O) groups is 2. The first-order valence-electron chi connectivity index (χ1n) is 14.2. The highest BCUT2D eigenvalue weighted by atomic mass is 32.2. The Bertz CT molecular complexity index is 1370. The summed E-state index contributed by atoms with van der Waals surface area (Å²) in [6.45, 7) is 8.35. The van der Waals surface area contributed by atoms with Gasteiger partial charge in [0.1, 0.15) is 6.04 Å². The Morgan fingerprint density at radius 3 is 2.00 bits per heavy atom. The van der Waals surface area contributed by atoms with E-state index in [4.69, 9.17) is 0 Å². The third-order valence-corrected chi connectivity index (χ3v) is 8.41. The van der Waals surface area contributed by atoms with E-state index in [-0.39, 0.29) is 37.4 Å². The van der Waals surface area contributed by atoms with Crippen LogP contribution >= 0.6 is 0 Å². The summed E-state index contributed by atoms with van der Waals surface area (Å²) in [6.07, 6.45) is 2.74. The molecule has 2 atom stereocenters. The normalized spacial score (nSPS) is 12.8. The third kappa shape index (κ3) is 9.74. The van der Waals surface area contributed by atoms with Crippen molar-refractivity contribution in [2.24, 2.45) is 0 Å². The van der Waals surface area contributed by atoms with Crippen LogP contribution in [0.2, 0.25) is 0 Å². The van der Waals surface area contributed by atoms with Crippen LogP contribution in [0.1, 0.15) is 55.4 Å².